The monoisotopic (exact) mass is 236 g/mol. The van der Waals surface area contributed by atoms with Gasteiger partial charge in [0.2, 0.25) is 0 Å². The summed E-state index contributed by atoms with van der Waals surface area (Å²) in [5, 5.41) is 8.92. The van der Waals surface area contributed by atoms with Gasteiger partial charge < -0.3 is 10.0 Å². The van der Waals surface area contributed by atoms with Gasteiger partial charge in [0.05, 0.1) is 13.1 Å². The van der Waals surface area contributed by atoms with Gasteiger partial charge in [-0.3, -0.25) is 9.69 Å². The molecular formula is C13H20N2O2. The molecule has 2 aliphatic heterocycles. The maximum Gasteiger partial charge on any atom is 0.317 e. The van der Waals surface area contributed by atoms with Crippen LogP contribution in [0.5, 0.6) is 0 Å². The van der Waals surface area contributed by atoms with Crippen LogP contribution >= 0.6 is 0 Å². The SMILES string of the molecule is C#CCN(CC(=O)O)C1CC2CCC(C1)N2C. The van der Waals surface area contributed by atoms with Crippen LogP contribution in [0.3, 0.4) is 0 Å². The first-order valence-electron chi connectivity index (χ1n) is 6.23. The Labute approximate surface area is 103 Å². The molecule has 0 amide bonds. The van der Waals surface area contributed by atoms with Crippen molar-refractivity contribution in [1.82, 2.24) is 9.80 Å². The molecule has 0 aliphatic carbocycles. The Morgan fingerprint density at radius 2 is 2.06 bits per heavy atom. The zero-order valence-electron chi connectivity index (χ0n) is 10.3. The second kappa shape index (κ2) is 5.07. The topological polar surface area (TPSA) is 43.8 Å². The first-order chi connectivity index (χ1) is 8.11. The predicted octanol–water partition coefficient (Wildman–Crippen LogP) is 0.631. The normalized spacial score (nSPS) is 32.6. The molecule has 0 aromatic heterocycles. The number of carbonyl (C=O) groups is 1. The lowest BCUT2D eigenvalue weighted by molar-refractivity contribution is -0.139. The summed E-state index contributed by atoms with van der Waals surface area (Å²) in [4.78, 5) is 15.2. The first-order valence-corrected chi connectivity index (χ1v) is 6.23. The smallest absolute Gasteiger partial charge is 0.317 e. The summed E-state index contributed by atoms with van der Waals surface area (Å²) in [5.41, 5.74) is 0. The van der Waals surface area contributed by atoms with Crippen molar-refractivity contribution in [3.8, 4) is 12.3 Å². The van der Waals surface area contributed by atoms with E-state index >= 15 is 0 Å². The van der Waals surface area contributed by atoms with E-state index in [0.717, 1.165) is 12.8 Å². The lowest BCUT2D eigenvalue weighted by atomic mass is 9.96. The second-order valence-corrected chi connectivity index (χ2v) is 5.18. The molecule has 0 saturated carbocycles. The Morgan fingerprint density at radius 1 is 1.47 bits per heavy atom. The Bertz CT molecular complexity index is 323. The molecule has 2 saturated heterocycles. The van der Waals surface area contributed by atoms with Crippen molar-refractivity contribution in [3.05, 3.63) is 0 Å². The number of fused-ring (bicyclic) bond motifs is 2. The Hall–Kier alpha value is -1.05. The van der Waals surface area contributed by atoms with E-state index in [0.29, 0.717) is 24.7 Å². The average molecular weight is 236 g/mol. The van der Waals surface area contributed by atoms with Gasteiger partial charge in [-0.25, -0.2) is 0 Å². The fourth-order valence-electron chi connectivity index (χ4n) is 3.29. The van der Waals surface area contributed by atoms with Gasteiger partial charge >= 0.3 is 5.97 Å². The number of carboxylic acid groups (broad SMARTS) is 1. The van der Waals surface area contributed by atoms with E-state index in [1.165, 1.54) is 12.8 Å². The third kappa shape index (κ3) is 2.62. The van der Waals surface area contributed by atoms with Crippen LogP contribution in [0, 0.1) is 12.3 Å². The highest BCUT2D eigenvalue weighted by Crippen LogP contribution is 2.36. The van der Waals surface area contributed by atoms with Crippen LogP contribution in [-0.4, -0.2) is 59.1 Å². The molecule has 0 radical (unpaired) electrons. The number of aliphatic carboxylic acids is 1. The molecule has 2 aliphatic rings. The maximum absolute atomic E-state index is 10.8. The fourth-order valence-corrected chi connectivity index (χ4v) is 3.29. The third-order valence-electron chi connectivity index (χ3n) is 4.22. The lowest BCUT2D eigenvalue weighted by Gasteiger charge is -2.40. The van der Waals surface area contributed by atoms with Crippen molar-refractivity contribution in [3.63, 3.8) is 0 Å². The number of hydrogen-bond acceptors (Lipinski definition) is 3. The number of rotatable bonds is 4. The van der Waals surface area contributed by atoms with Crippen molar-refractivity contribution in [2.45, 2.75) is 43.8 Å². The summed E-state index contributed by atoms with van der Waals surface area (Å²) in [6.45, 7) is 0.512. The second-order valence-electron chi connectivity index (χ2n) is 5.18. The van der Waals surface area contributed by atoms with Crippen LogP contribution in [0.1, 0.15) is 25.7 Å². The van der Waals surface area contributed by atoms with Crippen LogP contribution in [0.2, 0.25) is 0 Å². The highest BCUT2D eigenvalue weighted by atomic mass is 16.4. The number of carboxylic acids is 1. The minimum absolute atomic E-state index is 0.0675. The highest BCUT2D eigenvalue weighted by Gasteiger charge is 2.40. The van der Waals surface area contributed by atoms with Gasteiger partial charge in [0.25, 0.3) is 0 Å². The van der Waals surface area contributed by atoms with E-state index in [-0.39, 0.29) is 6.54 Å². The molecule has 17 heavy (non-hydrogen) atoms. The Kier molecular flexibility index (Phi) is 3.70. The molecule has 2 heterocycles. The van der Waals surface area contributed by atoms with E-state index < -0.39 is 5.97 Å². The standard InChI is InChI=1S/C13H20N2O2/c1-3-6-15(9-13(16)17)12-7-10-4-5-11(8-12)14(10)2/h1,10-12H,4-9H2,2H3,(H,16,17). The van der Waals surface area contributed by atoms with Crippen LogP contribution in [-0.2, 0) is 4.79 Å². The predicted molar refractivity (Wildman–Crippen MR) is 65.6 cm³/mol. The van der Waals surface area contributed by atoms with Crippen LogP contribution < -0.4 is 0 Å². The molecule has 2 unspecified atom stereocenters. The molecule has 0 spiro atoms. The summed E-state index contributed by atoms with van der Waals surface area (Å²) in [6.07, 6.45) is 9.93. The first kappa shape index (κ1) is 12.4. The van der Waals surface area contributed by atoms with Crippen molar-refractivity contribution < 1.29 is 9.90 Å². The van der Waals surface area contributed by atoms with Crippen molar-refractivity contribution in [2.75, 3.05) is 20.1 Å². The van der Waals surface area contributed by atoms with Crippen LogP contribution in [0.15, 0.2) is 0 Å². The molecule has 0 aromatic rings. The Balaban J connectivity index is 2.01. The summed E-state index contributed by atoms with van der Waals surface area (Å²) < 4.78 is 0. The summed E-state index contributed by atoms with van der Waals surface area (Å²) in [5.74, 6) is 1.80. The molecule has 1 N–H and O–H groups in total. The molecule has 2 bridgehead atoms. The average Bonchev–Trinajstić information content (AvgIpc) is 2.52. The Morgan fingerprint density at radius 3 is 2.53 bits per heavy atom. The van der Waals surface area contributed by atoms with Crippen molar-refractivity contribution >= 4 is 5.97 Å². The van der Waals surface area contributed by atoms with Gasteiger partial charge in [-0.2, -0.15) is 0 Å². The van der Waals surface area contributed by atoms with Gasteiger partial charge in [-0.1, -0.05) is 5.92 Å². The van der Waals surface area contributed by atoms with Crippen molar-refractivity contribution in [1.29, 1.82) is 0 Å². The largest absolute Gasteiger partial charge is 0.480 e. The molecule has 0 aromatic carbocycles. The number of terminal acetylenes is 1. The van der Waals surface area contributed by atoms with E-state index in [1.807, 2.05) is 4.90 Å². The van der Waals surface area contributed by atoms with Crippen LogP contribution in [0.4, 0.5) is 0 Å². The van der Waals surface area contributed by atoms with Gasteiger partial charge in [0.1, 0.15) is 0 Å². The zero-order valence-corrected chi connectivity index (χ0v) is 10.3. The number of piperidine rings is 1. The van der Waals surface area contributed by atoms with Crippen LogP contribution in [0.25, 0.3) is 0 Å². The molecule has 4 nitrogen and oxygen atoms in total. The van der Waals surface area contributed by atoms with E-state index in [1.54, 1.807) is 0 Å². The third-order valence-corrected chi connectivity index (χ3v) is 4.22. The minimum atomic E-state index is -0.786. The van der Waals surface area contributed by atoms with E-state index in [9.17, 15) is 4.79 Å². The highest BCUT2D eigenvalue weighted by molar-refractivity contribution is 5.69. The zero-order chi connectivity index (χ0) is 12.4. The molecular weight excluding hydrogens is 216 g/mol. The van der Waals surface area contributed by atoms with Gasteiger partial charge in [-0.05, 0) is 32.7 Å². The van der Waals surface area contributed by atoms with E-state index in [2.05, 4.69) is 17.9 Å². The molecule has 4 heteroatoms. The number of hydrogen-bond donors (Lipinski definition) is 1. The molecule has 2 atom stereocenters. The molecule has 2 fully saturated rings. The molecule has 94 valence electrons. The van der Waals surface area contributed by atoms with E-state index in [4.69, 9.17) is 11.5 Å². The summed E-state index contributed by atoms with van der Waals surface area (Å²) in [6, 6.07) is 1.58. The fraction of sp³-hybridized carbons (Fsp3) is 0.769. The summed E-state index contributed by atoms with van der Waals surface area (Å²) >= 11 is 0. The molecule has 2 rings (SSSR count). The van der Waals surface area contributed by atoms with Crippen molar-refractivity contribution in [2.24, 2.45) is 0 Å². The summed E-state index contributed by atoms with van der Waals surface area (Å²) in [7, 11) is 2.18. The van der Waals surface area contributed by atoms with Gasteiger partial charge in [0.15, 0.2) is 0 Å². The lowest BCUT2D eigenvalue weighted by Crippen LogP contribution is -2.50. The van der Waals surface area contributed by atoms with Gasteiger partial charge in [0, 0.05) is 18.1 Å². The van der Waals surface area contributed by atoms with Gasteiger partial charge in [-0.15, -0.1) is 6.42 Å². The minimum Gasteiger partial charge on any atom is -0.480 e. The maximum atomic E-state index is 10.8. The quantitative estimate of drug-likeness (QED) is 0.727. The number of nitrogens with zero attached hydrogens (tertiary/aromatic N) is 2.